The van der Waals surface area contributed by atoms with E-state index in [2.05, 4.69) is 26.2 Å². The van der Waals surface area contributed by atoms with Crippen molar-refractivity contribution in [2.75, 3.05) is 5.32 Å². The molecule has 104 valence electrons. The van der Waals surface area contributed by atoms with Gasteiger partial charge in [-0.3, -0.25) is 14.9 Å². The normalized spacial score (nSPS) is 9.71. The lowest BCUT2D eigenvalue weighted by molar-refractivity contribution is -0.383. The number of hydrogen-bond donors (Lipinski definition) is 1. The van der Waals surface area contributed by atoms with Crippen LogP contribution in [0.3, 0.4) is 0 Å². The van der Waals surface area contributed by atoms with Crippen molar-refractivity contribution in [1.29, 1.82) is 5.26 Å². The Morgan fingerprint density at radius 1 is 1.38 bits per heavy atom. The summed E-state index contributed by atoms with van der Waals surface area (Å²) in [5, 5.41) is 22.1. The van der Waals surface area contributed by atoms with Crippen LogP contribution in [0.2, 0.25) is 0 Å². The summed E-state index contributed by atoms with van der Waals surface area (Å²) in [6.45, 7) is 0. The number of nitrogens with one attached hydrogen (secondary N) is 1. The van der Waals surface area contributed by atoms with Gasteiger partial charge in [0.15, 0.2) is 0 Å². The standard InChI is InChI=1S/C13H7BrN4O3/c14-12-3-1-2-10(16-12)13(19)17-9-5-4-8(7-15)6-11(9)18(20)21/h1-6H,(H,17,19). The first-order valence-corrected chi connectivity index (χ1v) is 6.43. The molecule has 0 aliphatic carbocycles. The molecule has 1 N–H and O–H groups in total. The predicted octanol–water partition coefficient (Wildman–Crippen LogP) is 2.88. The van der Waals surface area contributed by atoms with Crippen LogP contribution in [0.25, 0.3) is 0 Å². The fraction of sp³-hybridized carbons (Fsp3) is 0. The summed E-state index contributed by atoms with van der Waals surface area (Å²) in [5.74, 6) is -0.580. The van der Waals surface area contributed by atoms with E-state index in [-0.39, 0.29) is 22.6 Å². The smallest absolute Gasteiger partial charge is 0.294 e. The van der Waals surface area contributed by atoms with Gasteiger partial charge in [0.05, 0.1) is 16.6 Å². The maximum atomic E-state index is 12.0. The van der Waals surface area contributed by atoms with Crippen molar-refractivity contribution in [2.45, 2.75) is 0 Å². The van der Waals surface area contributed by atoms with Crippen LogP contribution < -0.4 is 5.32 Å². The van der Waals surface area contributed by atoms with Gasteiger partial charge in [-0.25, -0.2) is 4.98 Å². The van der Waals surface area contributed by atoms with Gasteiger partial charge in [-0.15, -0.1) is 0 Å². The van der Waals surface area contributed by atoms with Crippen molar-refractivity contribution >= 4 is 33.2 Å². The van der Waals surface area contributed by atoms with Crippen molar-refractivity contribution in [2.24, 2.45) is 0 Å². The topological polar surface area (TPSA) is 109 Å². The monoisotopic (exact) mass is 346 g/mol. The average Bonchev–Trinajstić information content (AvgIpc) is 2.47. The molecular formula is C13H7BrN4O3. The Kier molecular flexibility index (Phi) is 4.25. The molecule has 1 aromatic carbocycles. The number of hydrogen-bond acceptors (Lipinski definition) is 5. The van der Waals surface area contributed by atoms with Crippen LogP contribution >= 0.6 is 15.9 Å². The van der Waals surface area contributed by atoms with Crippen LogP contribution in [-0.4, -0.2) is 15.8 Å². The molecule has 0 aliphatic heterocycles. The Morgan fingerprint density at radius 3 is 2.76 bits per heavy atom. The second-order valence-electron chi connectivity index (χ2n) is 3.90. The first-order chi connectivity index (χ1) is 10.0. The van der Waals surface area contributed by atoms with Crippen LogP contribution in [0.4, 0.5) is 11.4 Å². The number of carbonyl (C=O) groups excluding carboxylic acids is 1. The summed E-state index contributed by atoms with van der Waals surface area (Å²) in [6, 6.07) is 10.4. The molecule has 0 aliphatic rings. The first-order valence-electron chi connectivity index (χ1n) is 5.63. The third-order valence-electron chi connectivity index (χ3n) is 2.52. The number of nitro groups is 1. The zero-order valence-electron chi connectivity index (χ0n) is 10.4. The van der Waals surface area contributed by atoms with E-state index in [4.69, 9.17) is 5.26 Å². The molecule has 0 radical (unpaired) electrons. The number of benzene rings is 1. The summed E-state index contributed by atoms with van der Waals surface area (Å²) in [5.41, 5.74) is -0.0912. The molecule has 2 aromatic rings. The SMILES string of the molecule is N#Cc1ccc(NC(=O)c2cccc(Br)n2)c([N+](=O)[O-])c1. The van der Waals surface area contributed by atoms with Crippen LogP contribution in [0.5, 0.6) is 0 Å². The van der Waals surface area contributed by atoms with Gasteiger partial charge in [0.1, 0.15) is 16.0 Å². The Labute approximate surface area is 127 Å². The molecule has 2 rings (SSSR count). The lowest BCUT2D eigenvalue weighted by Gasteiger charge is -2.06. The maximum Gasteiger partial charge on any atom is 0.294 e. The third-order valence-corrected chi connectivity index (χ3v) is 2.96. The first kappa shape index (κ1) is 14.6. The van der Waals surface area contributed by atoms with E-state index in [1.165, 1.54) is 18.2 Å². The minimum atomic E-state index is -0.662. The minimum absolute atomic E-state index is 0.00535. The van der Waals surface area contributed by atoms with E-state index in [9.17, 15) is 14.9 Å². The molecule has 8 heteroatoms. The molecule has 0 fully saturated rings. The molecule has 0 saturated heterocycles. The fourth-order valence-corrected chi connectivity index (χ4v) is 1.92. The van der Waals surface area contributed by atoms with Crippen molar-refractivity contribution in [3.63, 3.8) is 0 Å². The highest BCUT2D eigenvalue weighted by Crippen LogP contribution is 2.25. The Balaban J connectivity index is 2.33. The van der Waals surface area contributed by atoms with Gasteiger partial charge in [-0.05, 0) is 40.2 Å². The minimum Gasteiger partial charge on any atom is -0.315 e. The van der Waals surface area contributed by atoms with Crippen molar-refractivity contribution in [3.8, 4) is 6.07 Å². The summed E-state index contributed by atoms with van der Waals surface area (Å²) >= 11 is 3.14. The van der Waals surface area contributed by atoms with E-state index in [0.717, 1.165) is 6.07 Å². The third kappa shape index (κ3) is 3.40. The molecule has 21 heavy (non-hydrogen) atoms. The lowest BCUT2D eigenvalue weighted by Crippen LogP contribution is -2.14. The van der Waals surface area contributed by atoms with Gasteiger partial charge in [0, 0.05) is 6.07 Å². The van der Waals surface area contributed by atoms with E-state index in [1.807, 2.05) is 0 Å². The van der Waals surface area contributed by atoms with E-state index >= 15 is 0 Å². The number of anilines is 1. The molecule has 7 nitrogen and oxygen atoms in total. The number of rotatable bonds is 3. The van der Waals surface area contributed by atoms with Gasteiger partial charge >= 0.3 is 0 Å². The zero-order valence-corrected chi connectivity index (χ0v) is 12.0. The lowest BCUT2D eigenvalue weighted by atomic mass is 10.2. The van der Waals surface area contributed by atoms with Gasteiger partial charge in [-0.1, -0.05) is 6.07 Å². The summed E-state index contributed by atoms with van der Waals surface area (Å²) in [7, 11) is 0. The van der Waals surface area contributed by atoms with Gasteiger partial charge in [0.2, 0.25) is 0 Å². The fourth-order valence-electron chi connectivity index (χ4n) is 1.58. The number of aromatic nitrogens is 1. The Hall–Kier alpha value is -2.79. The van der Waals surface area contributed by atoms with Crippen molar-refractivity contribution < 1.29 is 9.72 Å². The van der Waals surface area contributed by atoms with Crippen LogP contribution in [-0.2, 0) is 0 Å². The molecule has 0 bridgehead atoms. The number of halogens is 1. The van der Waals surface area contributed by atoms with Crippen LogP contribution in [0.15, 0.2) is 41.0 Å². The predicted molar refractivity (Wildman–Crippen MR) is 77.7 cm³/mol. The van der Waals surface area contributed by atoms with E-state index < -0.39 is 10.8 Å². The number of nitrogens with zero attached hydrogens (tertiary/aromatic N) is 3. The van der Waals surface area contributed by atoms with Gasteiger partial charge < -0.3 is 5.32 Å². The Morgan fingerprint density at radius 2 is 2.14 bits per heavy atom. The van der Waals surface area contributed by atoms with Crippen molar-refractivity contribution in [1.82, 2.24) is 4.98 Å². The summed E-state index contributed by atoms with van der Waals surface area (Å²) in [6.07, 6.45) is 0. The maximum absolute atomic E-state index is 12.0. The van der Waals surface area contributed by atoms with Crippen molar-refractivity contribution in [3.05, 3.63) is 62.4 Å². The largest absolute Gasteiger partial charge is 0.315 e. The number of carbonyl (C=O) groups is 1. The molecule has 0 atom stereocenters. The molecule has 1 aromatic heterocycles. The highest BCUT2D eigenvalue weighted by atomic mass is 79.9. The number of amides is 1. The van der Waals surface area contributed by atoms with Crippen LogP contribution in [0.1, 0.15) is 16.1 Å². The summed E-state index contributed by atoms with van der Waals surface area (Å²) < 4.78 is 0.476. The highest BCUT2D eigenvalue weighted by Gasteiger charge is 2.18. The second kappa shape index (κ2) is 6.11. The zero-order chi connectivity index (χ0) is 15.4. The summed E-state index contributed by atoms with van der Waals surface area (Å²) in [4.78, 5) is 26.3. The number of nitriles is 1. The molecule has 0 saturated carbocycles. The second-order valence-corrected chi connectivity index (χ2v) is 4.71. The average molecular weight is 347 g/mol. The number of pyridine rings is 1. The van der Waals surface area contributed by atoms with E-state index in [1.54, 1.807) is 18.2 Å². The molecule has 0 spiro atoms. The van der Waals surface area contributed by atoms with E-state index in [0.29, 0.717) is 4.60 Å². The Bertz CT molecular complexity index is 770. The van der Waals surface area contributed by atoms with Crippen LogP contribution in [0, 0.1) is 21.4 Å². The molecule has 0 unspecified atom stereocenters. The number of nitro benzene ring substituents is 1. The van der Waals surface area contributed by atoms with Gasteiger partial charge in [0.25, 0.3) is 11.6 Å². The molecule has 1 heterocycles. The molecular weight excluding hydrogens is 340 g/mol. The quantitative estimate of drug-likeness (QED) is 0.522. The molecule has 1 amide bonds. The highest BCUT2D eigenvalue weighted by molar-refractivity contribution is 9.10. The van der Waals surface area contributed by atoms with Gasteiger partial charge in [-0.2, -0.15) is 5.26 Å².